The Bertz CT molecular complexity index is 118. The summed E-state index contributed by atoms with van der Waals surface area (Å²) in [6.45, 7) is 7.24. The molecule has 1 saturated carbocycles. The summed E-state index contributed by atoms with van der Waals surface area (Å²) in [6.07, 6.45) is 10.2. The molecule has 0 aliphatic heterocycles. The van der Waals surface area contributed by atoms with Gasteiger partial charge >= 0.3 is 0 Å². The van der Waals surface area contributed by atoms with Gasteiger partial charge in [0.1, 0.15) is 0 Å². The molecule has 0 N–H and O–H groups in total. The van der Waals surface area contributed by atoms with Crippen molar-refractivity contribution in [1.29, 1.82) is 0 Å². The minimum Gasteiger partial charge on any atom is -0.0654 e. The molecule has 0 bridgehead atoms. The second-order valence-corrected chi connectivity index (χ2v) is 5.07. The lowest BCUT2D eigenvalue weighted by atomic mass is 9.69. The first-order valence-corrected chi connectivity index (χ1v) is 5.67. The van der Waals surface area contributed by atoms with E-state index < -0.39 is 0 Å². The quantitative estimate of drug-likeness (QED) is 0.586. The smallest absolute Gasteiger partial charge is 0.0326 e. The maximum atomic E-state index is 2.46. The molecule has 72 valence electrons. The van der Waals surface area contributed by atoms with Gasteiger partial charge in [-0.1, -0.05) is 46.5 Å². The zero-order valence-electron chi connectivity index (χ0n) is 9.03. The van der Waals surface area contributed by atoms with E-state index in [1.807, 2.05) is 0 Å². The van der Waals surface area contributed by atoms with Crippen LogP contribution in [-0.4, -0.2) is 0 Å². The molecule has 0 heterocycles. The van der Waals surface area contributed by atoms with Gasteiger partial charge in [-0.2, -0.15) is 0 Å². The molecule has 1 fully saturated rings. The summed E-state index contributed by atoms with van der Waals surface area (Å²) < 4.78 is 0. The van der Waals surface area contributed by atoms with Crippen LogP contribution in [-0.2, 0) is 0 Å². The molecule has 0 spiro atoms. The number of hydrogen-bond donors (Lipinski definition) is 0. The van der Waals surface area contributed by atoms with Gasteiger partial charge in [-0.3, -0.25) is 0 Å². The van der Waals surface area contributed by atoms with Crippen LogP contribution in [0.25, 0.3) is 0 Å². The lowest BCUT2D eigenvalue weighted by molar-refractivity contribution is 0.145. The molecule has 1 rings (SSSR count). The van der Waals surface area contributed by atoms with Crippen molar-refractivity contribution in [3.05, 3.63) is 0 Å². The molecule has 1 aliphatic carbocycles. The Labute approximate surface area is 77.7 Å². The van der Waals surface area contributed by atoms with Crippen molar-refractivity contribution >= 4 is 0 Å². The molecule has 0 atom stereocenters. The van der Waals surface area contributed by atoms with E-state index in [0.717, 1.165) is 5.92 Å². The largest absolute Gasteiger partial charge is 0.0654 e. The summed E-state index contributed by atoms with van der Waals surface area (Å²) in [5.41, 5.74) is 0.620. The molecule has 0 aromatic rings. The maximum absolute atomic E-state index is 2.46. The lowest BCUT2D eigenvalue weighted by Crippen LogP contribution is -2.25. The van der Waals surface area contributed by atoms with Gasteiger partial charge in [0.05, 0.1) is 0 Å². The van der Waals surface area contributed by atoms with Crippen LogP contribution in [0.4, 0.5) is 0 Å². The van der Waals surface area contributed by atoms with Crippen molar-refractivity contribution in [2.75, 3.05) is 0 Å². The average Bonchev–Trinajstić information content (AvgIpc) is 2.06. The fourth-order valence-corrected chi connectivity index (χ4v) is 2.73. The van der Waals surface area contributed by atoms with E-state index in [2.05, 4.69) is 20.8 Å². The average molecular weight is 168 g/mol. The summed E-state index contributed by atoms with van der Waals surface area (Å²) in [4.78, 5) is 0. The zero-order valence-corrected chi connectivity index (χ0v) is 9.03. The van der Waals surface area contributed by atoms with Gasteiger partial charge in [-0.05, 0) is 30.6 Å². The van der Waals surface area contributed by atoms with E-state index in [1.54, 1.807) is 0 Å². The second kappa shape index (κ2) is 4.30. The van der Waals surface area contributed by atoms with Crippen LogP contribution in [0.1, 0.15) is 65.7 Å². The molecule has 0 amide bonds. The van der Waals surface area contributed by atoms with E-state index in [-0.39, 0.29) is 0 Å². The van der Waals surface area contributed by atoms with E-state index in [1.165, 1.54) is 44.9 Å². The third kappa shape index (κ3) is 2.50. The van der Waals surface area contributed by atoms with Crippen molar-refractivity contribution in [2.45, 2.75) is 65.7 Å². The highest BCUT2D eigenvalue weighted by atomic mass is 14.3. The van der Waals surface area contributed by atoms with Gasteiger partial charge in [0.2, 0.25) is 0 Å². The summed E-state index contributed by atoms with van der Waals surface area (Å²) >= 11 is 0. The van der Waals surface area contributed by atoms with Crippen molar-refractivity contribution in [3.8, 4) is 0 Å². The maximum Gasteiger partial charge on any atom is -0.0326 e. The highest BCUT2D eigenvalue weighted by Crippen LogP contribution is 2.40. The van der Waals surface area contributed by atoms with Gasteiger partial charge in [0.15, 0.2) is 0 Å². The summed E-state index contributed by atoms with van der Waals surface area (Å²) in [5.74, 6) is 1.02. The molecule has 0 unspecified atom stereocenters. The van der Waals surface area contributed by atoms with E-state index in [9.17, 15) is 0 Å². The fraction of sp³-hybridized carbons (Fsp3) is 1.00. The molecule has 12 heavy (non-hydrogen) atoms. The first-order valence-electron chi connectivity index (χ1n) is 5.67. The van der Waals surface area contributed by atoms with Crippen molar-refractivity contribution in [2.24, 2.45) is 11.3 Å². The Morgan fingerprint density at radius 1 is 1.08 bits per heavy atom. The van der Waals surface area contributed by atoms with Crippen molar-refractivity contribution in [1.82, 2.24) is 0 Å². The van der Waals surface area contributed by atoms with Crippen molar-refractivity contribution < 1.29 is 0 Å². The minimum absolute atomic E-state index is 0.620. The van der Waals surface area contributed by atoms with Gasteiger partial charge in [0, 0.05) is 0 Å². The van der Waals surface area contributed by atoms with Crippen LogP contribution in [0.5, 0.6) is 0 Å². The monoisotopic (exact) mass is 168 g/mol. The predicted octanol–water partition coefficient (Wildman–Crippen LogP) is 4.39. The van der Waals surface area contributed by atoms with Gasteiger partial charge in [-0.15, -0.1) is 0 Å². The van der Waals surface area contributed by atoms with E-state index >= 15 is 0 Å². The van der Waals surface area contributed by atoms with E-state index in [0.29, 0.717) is 5.41 Å². The Balaban J connectivity index is 2.41. The summed E-state index contributed by atoms with van der Waals surface area (Å²) in [6, 6.07) is 0. The third-order valence-electron chi connectivity index (χ3n) is 3.60. The molecule has 0 heteroatoms. The highest BCUT2D eigenvalue weighted by Gasteiger charge is 2.29. The van der Waals surface area contributed by atoms with Gasteiger partial charge in [-0.25, -0.2) is 0 Å². The number of hydrogen-bond acceptors (Lipinski definition) is 0. The number of rotatable bonds is 3. The van der Waals surface area contributed by atoms with Crippen molar-refractivity contribution in [3.63, 3.8) is 0 Å². The molecule has 0 nitrogen and oxygen atoms in total. The van der Waals surface area contributed by atoms with Crippen LogP contribution in [0.15, 0.2) is 0 Å². The molecule has 0 aromatic heterocycles. The minimum atomic E-state index is 0.620. The molecule has 1 aliphatic rings. The lowest BCUT2D eigenvalue weighted by Gasteiger charge is -2.37. The SMILES string of the molecule is CCCC(C)(C)C1CCCCC1. The normalized spacial score (nSPS) is 21.2. The Morgan fingerprint density at radius 3 is 2.17 bits per heavy atom. The highest BCUT2D eigenvalue weighted by molar-refractivity contribution is 4.80. The van der Waals surface area contributed by atoms with Crippen LogP contribution in [0.3, 0.4) is 0 Å². The second-order valence-electron chi connectivity index (χ2n) is 5.07. The molecule has 0 radical (unpaired) electrons. The third-order valence-corrected chi connectivity index (χ3v) is 3.60. The summed E-state index contributed by atoms with van der Waals surface area (Å²) in [7, 11) is 0. The summed E-state index contributed by atoms with van der Waals surface area (Å²) in [5, 5.41) is 0. The standard InChI is InChI=1S/C12H24/c1-4-10-12(2,3)11-8-6-5-7-9-11/h11H,4-10H2,1-3H3. The first kappa shape index (κ1) is 10.1. The Morgan fingerprint density at radius 2 is 1.67 bits per heavy atom. The first-order chi connectivity index (χ1) is 5.67. The van der Waals surface area contributed by atoms with Gasteiger partial charge in [0.25, 0.3) is 0 Å². The molecule has 0 saturated heterocycles. The van der Waals surface area contributed by atoms with E-state index in [4.69, 9.17) is 0 Å². The van der Waals surface area contributed by atoms with Crippen LogP contribution >= 0.6 is 0 Å². The Hall–Kier alpha value is 0. The predicted molar refractivity (Wildman–Crippen MR) is 55.3 cm³/mol. The topological polar surface area (TPSA) is 0 Å². The fourth-order valence-electron chi connectivity index (χ4n) is 2.73. The zero-order chi connectivity index (χ0) is 9.03. The molecular weight excluding hydrogens is 144 g/mol. The molecule has 0 aromatic carbocycles. The van der Waals surface area contributed by atoms with Crippen LogP contribution in [0, 0.1) is 11.3 Å². The van der Waals surface area contributed by atoms with Crippen LogP contribution < -0.4 is 0 Å². The van der Waals surface area contributed by atoms with Crippen LogP contribution in [0.2, 0.25) is 0 Å². The van der Waals surface area contributed by atoms with Gasteiger partial charge < -0.3 is 0 Å². The Kier molecular flexibility index (Phi) is 3.61. The molecular formula is C12H24.